The normalized spacial score (nSPS) is 14.8. The summed E-state index contributed by atoms with van der Waals surface area (Å²) in [5.41, 5.74) is -0.262. The molecule has 0 bridgehead atoms. The second kappa shape index (κ2) is 5.98. The molecular formula is C14H21NO3. The van der Waals surface area contributed by atoms with Gasteiger partial charge < -0.3 is 10.2 Å². The van der Waals surface area contributed by atoms with Crippen molar-refractivity contribution in [2.24, 2.45) is 0 Å². The van der Waals surface area contributed by atoms with E-state index in [-0.39, 0.29) is 12.6 Å². The molecule has 0 aliphatic carbocycles. The minimum Gasteiger partial charge on any atom is -0.480 e. The first-order valence-electron chi connectivity index (χ1n) is 6.06. The largest absolute Gasteiger partial charge is 0.480 e. The predicted molar refractivity (Wildman–Crippen MR) is 70.4 cm³/mol. The Balaban J connectivity index is 2.82. The minimum absolute atomic E-state index is 0.0660. The first-order chi connectivity index (χ1) is 8.33. The van der Waals surface area contributed by atoms with Crippen LogP contribution in [0.1, 0.15) is 26.3 Å². The lowest BCUT2D eigenvalue weighted by Gasteiger charge is -2.33. The van der Waals surface area contributed by atoms with Crippen molar-refractivity contribution in [1.82, 2.24) is 4.90 Å². The van der Waals surface area contributed by atoms with Crippen molar-refractivity contribution in [3.8, 4) is 0 Å². The number of rotatable bonds is 6. The molecule has 1 unspecified atom stereocenters. The van der Waals surface area contributed by atoms with Gasteiger partial charge in [0.15, 0.2) is 0 Å². The molecule has 0 saturated heterocycles. The zero-order chi connectivity index (χ0) is 13.8. The van der Waals surface area contributed by atoms with Crippen LogP contribution in [-0.4, -0.2) is 40.2 Å². The van der Waals surface area contributed by atoms with Crippen molar-refractivity contribution >= 4 is 5.97 Å². The van der Waals surface area contributed by atoms with Gasteiger partial charge in [0.2, 0.25) is 0 Å². The number of carbonyl (C=O) groups is 1. The standard InChI is InChI=1S/C14H21NO3/c1-11(2)15(9-13(16)17)10-14(3,18)12-7-5-4-6-8-12/h4-8,11,18H,9-10H2,1-3H3,(H,16,17). The average Bonchev–Trinajstić information content (AvgIpc) is 2.28. The van der Waals surface area contributed by atoms with Crippen molar-refractivity contribution in [2.45, 2.75) is 32.4 Å². The number of hydrogen-bond donors (Lipinski definition) is 2. The number of aliphatic carboxylic acids is 1. The Morgan fingerprint density at radius 2 is 1.89 bits per heavy atom. The van der Waals surface area contributed by atoms with Crippen LogP contribution in [0, 0.1) is 0 Å². The first-order valence-corrected chi connectivity index (χ1v) is 6.06. The van der Waals surface area contributed by atoms with E-state index in [2.05, 4.69) is 0 Å². The fourth-order valence-electron chi connectivity index (χ4n) is 1.88. The summed E-state index contributed by atoms with van der Waals surface area (Å²) < 4.78 is 0. The van der Waals surface area contributed by atoms with E-state index in [1.54, 1.807) is 11.8 Å². The Bertz CT molecular complexity index is 387. The molecule has 0 spiro atoms. The summed E-state index contributed by atoms with van der Waals surface area (Å²) in [4.78, 5) is 12.6. The fourth-order valence-corrected chi connectivity index (χ4v) is 1.88. The highest BCUT2D eigenvalue weighted by Gasteiger charge is 2.28. The SMILES string of the molecule is CC(C)N(CC(=O)O)CC(C)(O)c1ccccc1. The monoisotopic (exact) mass is 251 g/mol. The lowest BCUT2D eigenvalue weighted by molar-refractivity contribution is -0.139. The highest BCUT2D eigenvalue weighted by molar-refractivity contribution is 5.69. The molecule has 100 valence electrons. The van der Waals surface area contributed by atoms with Gasteiger partial charge in [0, 0.05) is 12.6 Å². The van der Waals surface area contributed by atoms with Crippen LogP contribution >= 0.6 is 0 Å². The minimum atomic E-state index is -1.05. The summed E-state index contributed by atoms with van der Waals surface area (Å²) in [5.74, 6) is -0.882. The van der Waals surface area contributed by atoms with E-state index in [1.807, 2.05) is 44.2 Å². The van der Waals surface area contributed by atoms with E-state index in [4.69, 9.17) is 5.11 Å². The zero-order valence-electron chi connectivity index (χ0n) is 11.1. The molecule has 0 heterocycles. The van der Waals surface area contributed by atoms with Gasteiger partial charge in [-0.3, -0.25) is 9.69 Å². The predicted octanol–water partition coefficient (Wildman–Crippen LogP) is 1.69. The van der Waals surface area contributed by atoms with Gasteiger partial charge in [0.25, 0.3) is 0 Å². The summed E-state index contributed by atoms with van der Waals surface area (Å²) in [6.07, 6.45) is 0. The average molecular weight is 251 g/mol. The second-order valence-electron chi connectivity index (χ2n) is 5.03. The Morgan fingerprint density at radius 3 is 2.33 bits per heavy atom. The maximum absolute atomic E-state index is 10.8. The molecule has 0 saturated carbocycles. The van der Waals surface area contributed by atoms with E-state index >= 15 is 0 Å². The fraction of sp³-hybridized carbons (Fsp3) is 0.500. The van der Waals surface area contributed by atoms with Crippen molar-refractivity contribution in [2.75, 3.05) is 13.1 Å². The van der Waals surface area contributed by atoms with Gasteiger partial charge in [-0.2, -0.15) is 0 Å². The number of hydrogen-bond acceptors (Lipinski definition) is 3. The van der Waals surface area contributed by atoms with Crippen LogP contribution in [-0.2, 0) is 10.4 Å². The highest BCUT2D eigenvalue weighted by Crippen LogP contribution is 2.22. The van der Waals surface area contributed by atoms with Gasteiger partial charge in [-0.1, -0.05) is 30.3 Å². The molecule has 0 radical (unpaired) electrons. The van der Waals surface area contributed by atoms with Gasteiger partial charge in [-0.05, 0) is 26.3 Å². The topological polar surface area (TPSA) is 60.8 Å². The van der Waals surface area contributed by atoms with Crippen LogP contribution in [0.4, 0.5) is 0 Å². The van der Waals surface area contributed by atoms with Crippen molar-refractivity contribution in [3.63, 3.8) is 0 Å². The van der Waals surface area contributed by atoms with Crippen LogP contribution in [0.25, 0.3) is 0 Å². The third-order valence-electron chi connectivity index (χ3n) is 2.98. The van der Waals surface area contributed by atoms with Crippen LogP contribution < -0.4 is 0 Å². The van der Waals surface area contributed by atoms with Crippen molar-refractivity contribution < 1.29 is 15.0 Å². The molecule has 2 N–H and O–H groups in total. The molecule has 0 aliphatic heterocycles. The molecule has 0 fully saturated rings. The summed E-state index contributed by atoms with van der Waals surface area (Å²) in [6.45, 7) is 5.77. The lowest BCUT2D eigenvalue weighted by atomic mass is 9.95. The van der Waals surface area contributed by atoms with E-state index < -0.39 is 11.6 Å². The zero-order valence-corrected chi connectivity index (χ0v) is 11.1. The second-order valence-corrected chi connectivity index (χ2v) is 5.03. The molecule has 0 aromatic heterocycles. The van der Waals surface area contributed by atoms with Crippen LogP contribution in [0.3, 0.4) is 0 Å². The van der Waals surface area contributed by atoms with E-state index in [0.717, 1.165) is 5.56 Å². The Hall–Kier alpha value is -1.39. The maximum atomic E-state index is 10.8. The third kappa shape index (κ3) is 4.13. The van der Waals surface area contributed by atoms with Crippen molar-refractivity contribution in [3.05, 3.63) is 35.9 Å². The Morgan fingerprint density at radius 1 is 1.33 bits per heavy atom. The molecule has 1 rings (SSSR count). The van der Waals surface area contributed by atoms with Crippen molar-refractivity contribution in [1.29, 1.82) is 0 Å². The van der Waals surface area contributed by atoms with Gasteiger partial charge in [-0.25, -0.2) is 0 Å². The number of nitrogens with zero attached hydrogens (tertiary/aromatic N) is 1. The molecule has 1 atom stereocenters. The third-order valence-corrected chi connectivity index (χ3v) is 2.98. The van der Waals surface area contributed by atoms with E-state index in [9.17, 15) is 9.90 Å². The van der Waals surface area contributed by atoms with Gasteiger partial charge in [0.1, 0.15) is 0 Å². The summed E-state index contributed by atoms with van der Waals surface area (Å²) >= 11 is 0. The molecule has 0 aliphatic rings. The smallest absolute Gasteiger partial charge is 0.317 e. The van der Waals surface area contributed by atoms with Crippen LogP contribution in [0.15, 0.2) is 30.3 Å². The number of aliphatic hydroxyl groups is 1. The van der Waals surface area contributed by atoms with E-state index in [1.165, 1.54) is 0 Å². The van der Waals surface area contributed by atoms with Crippen LogP contribution in [0.2, 0.25) is 0 Å². The van der Waals surface area contributed by atoms with Crippen LogP contribution in [0.5, 0.6) is 0 Å². The number of carboxylic acids is 1. The van der Waals surface area contributed by atoms with Gasteiger partial charge in [-0.15, -0.1) is 0 Å². The maximum Gasteiger partial charge on any atom is 0.317 e. The highest BCUT2D eigenvalue weighted by atomic mass is 16.4. The molecule has 1 aromatic rings. The molecular weight excluding hydrogens is 230 g/mol. The number of benzene rings is 1. The molecule has 0 amide bonds. The van der Waals surface area contributed by atoms with Gasteiger partial charge in [0.05, 0.1) is 12.1 Å². The molecule has 4 nitrogen and oxygen atoms in total. The quantitative estimate of drug-likeness (QED) is 0.807. The molecule has 18 heavy (non-hydrogen) atoms. The first kappa shape index (κ1) is 14.7. The van der Waals surface area contributed by atoms with E-state index in [0.29, 0.717) is 6.54 Å². The lowest BCUT2D eigenvalue weighted by Crippen LogP contribution is -2.44. The number of carboxylic acid groups (broad SMARTS) is 1. The summed E-state index contributed by atoms with van der Waals surface area (Å²) in [6, 6.07) is 9.37. The summed E-state index contributed by atoms with van der Waals surface area (Å²) in [5, 5.41) is 19.4. The Labute approximate surface area is 108 Å². The summed E-state index contributed by atoms with van der Waals surface area (Å²) in [7, 11) is 0. The molecule has 4 heteroatoms. The molecule has 1 aromatic carbocycles. The van der Waals surface area contributed by atoms with Gasteiger partial charge >= 0.3 is 5.97 Å². The Kier molecular flexibility index (Phi) is 4.87.